The monoisotopic (exact) mass is 327 g/mol. The lowest BCUT2D eigenvalue weighted by Crippen LogP contribution is -2.07. The zero-order valence-electron chi connectivity index (χ0n) is 12.6. The van der Waals surface area contributed by atoms with Crippen molar-refractivity contribution in [3.8, 4) is 0 Å². The SMILES string of the molecule is Cc1ccc(C)c(C(=O)CSC2=Nc3ccccc3CS2)c1. The molecule has 2 aromatic rings. The van der Waals surface area contributed by atoms with Crippen LogP contribution >= 0.6 is 23.5 Å². The molecule has 0 fully saturated rings. The lowest BCUT2D eigenvalue weighted by molar-refractivity contribution is 0.102. The average Bonchev–Trinajstić information content (AvgIpc) is 2.54. The van der Waals surface area contributed by atoms with E-state index in [1.165, 1.54) is 5.56 Å². The third-order valence-corrected chi connectivity index (χ3v) is 5.82. The van der Waals surface area contributed by atoms with Gasteiger partial charge in [0.2, 0.25) is 0 Å². The fraction of sp³-hybridized carbons (Fsp3) is 0.222. The lowest BCUT2D eigenvalue weighted by Gasteiger charge is -2.14. The van der Waals surface area contributed by atoms with E-state index in [1.807, 2.05) is 50.2 Å². The van der Waals surface area contributed by atoms with Crippen molar-refractivity contribution in [2.75, 3.05) is 5.75 Å². The van der Waals surface area contributed by atoms with Gasteiger partial charge in [0, 0.05) is 11.3 Å². The van der Waals surface area contributed by atoms with Crippen LogP contribution in [0, 0.1) is 13.8 Å². The standard InChI is InChI=1S/C18H17NOS2/c1-12-7-8-13(2)15(9-12)17(20)11-22-18-19-16-6-4-3-5-14(16)10-21-18/h3-9H,10-11H2,1-2H3. The Balaban J connectivity index is 1.70. The van der Waals surface area contributed by atoms with Gasteiger partial charge >= 0.3 is 0 Å². The summed E-state index contributed by atoms with van der Waals surface area (Å²) in [7, 11) is 0. The van der Waals surface area contributed by atoms with Gasteiger partial charge in [0.05, 0.1) is 11.4 Å². The Morgan fingerprint density at radius 3 is 2.91 bits per heavy atom. The van der Waals surface area contributed by atoms with Gasteiger partial charge in [-0.3, -0.25) is 4.79 Å². The van der Waals surface area contributed by atoms with Crippen molar-refractivity contribution in [1.82, 2.24) is 0 Å². The number of aryl methyl sites for hydroxylation is 2. The van der Waals surface area contributed by atoms with Crippen LogP contribution in [-0.2, 0) is 5.75 Å². The molecule has 0 saturated heterocycles. The summed E-state index contributed by atoms with van der Waals surface area (Å²) >= 11 is 3.25. The first-order valence-electron chi connectivity index (χ1n) is 7.16. The number of para-hydroxylation sites is 1. The maximum absolute atomic E-state index is 12.4. The van der Waals surface area contributed by atoms with Crippen LogP contribution < -0.4 is 0 Å². The zero-order chi connectivity index (χ0) is 15.5. The lowest BCUT2D eigenvalue weighted by atomic mass is 10.0. The van der Waals surface area contributed by atoms with Crippen molar-refractivity contribution in [1.29, 1.82) is 0 Å². The van der Waals surface area contributed by atoms with E-state index < -0.39 is 0 Å². The van der Waals surface area contributed by atoms with Crippen LogP contribution in [0.15, 0.2) is 47.5 Å². The molecule has 2 aromatic carbocycles. The highest BCUT2D eigenvalue weighted by Gasteiger charge is 2.15. The summed E-state index contributed by atoms with van der Waals surface area (Å²) in [6, 6.07) is 14.2. The normalized spacial score (nSPS) is 13.5. The van der Waals surface area contributed by atoms with Gasteiger partial charge in [0.1, 0.15) is 4.38 Å². The zero-order valence-corrected chi connectivity index (χ0v) is 14.3. The van der Waals surface area contributed by atoms with E-state index in [-0.39, 0.29) is 5.78 Å². The van der Waals surface area contributed by atoms with E-state index in [4.69, 9.17) is 0 Å². The van der Waals surface area contributed by atoms with Gasteiger partial charge < -0.3 is 0 Å². The number of hydrogen-bond acceptors (Lipinski definition) is 4. The van der Waals surface area contributed by atoms with Crippen LogP contribution in [0.4, 0.5) is 5.69 Å². The number of carbonyl (C=O) groups excluding carboxylic acids is 1. The van der Waals surface area contributed by atoms with Gasteiger partial charge in [0.25, 0.3) is 0 Å². The summed E-state index contributed by atoms with van der Waals surface area (Å²) in [5.41, 5.74) is 5.28. The quantitative estimate of drug-likeness (QED) is 0.730. The molecule has 0 atom stereocenters. The second-order valence-electron chi connectivity index (χ2n) is 5.33. The van der Waals surface area contributed by atoms with Gasteiger partial charge in [-0.1, -0.05) is 59.4 Å². The number of fused-ring (bicyclic) bond motifs is 1. The molecule has 3 rings (SSSR count). The Kier molecular flexibility index (Phi) is 4.69. The number of carbonyl (C=O) groups is 1. The first-order chi connectivity index (χ1) is 10.6. The predicted octanol–water partition coefficient (Wildman–Crippen LogP) is 5.15. The number of nitrogens with zero attached hydrogens (tertiary/aromatic N) is 1. The van der Waals surface area contributed by atoms with Crippen molar-refractivity contribution in [2.45, 2.75) is 19.6 Å². The molecule has 4 heteroatoms. The van der Waals surface area contributed by atoms with E-state index in [1.54, 1.807) is 23.5 Å². The van der Waals surface area contributed by atoms with E-state index in [0.717, 1.165) is 32.5 Å². The van der Waals surface area contributed by atoms with Crippen molar-refractivity contribution >= 4 is 39.4 Å². The molecule has 22 heavy (non-hydrogen) atoms. The Bertz CT molecular complexity index is 753. The van der Waals surface area contributed by atoms with Gasteiger partial charge in [-0.2, -0.15) is 0 Å². The molecule has 112 valence electrons. The minimum atomic E-state index is 0.174. The largest absolute Gasteiger partial charge is 0.293 e. The second-order valence-corrected chi connectivity index (χ2v) is 7.51. The number of rotatable bonds is 3. The molecular formula is C18H17NOS2. The summed E-state index contributed by atoms with van der Waals surface area (Å²) in [5.74, 6) is 1.55. The minimum Gasteiger partial charge on any atom is -0.293 e. The number of thioether (sulfide) groups is 2. The number of ketones is 1. The summed E-state index contributed by atoms with van der Waals surface area (Å²) in [4.78, 5) is 17.1. The Morgan fingerprint density at radius 1 is 1.23 bits per heavy atom. The summed E-state index contributed by atoms with van der Waals surface area (Å²) in [6.45, 7) is 4.00. The highest BCUT2D eigenvalue weighted by molar-refractivity contribution is 8.38. The van der Waals surface area contributed by atoms with Crippen LogP contribution in [0.5, 0.6) is 0 Å². The molecule has 0 saturated carbocycles. The molecule has 0 bridgehead atoms. The van der Waals surface area contributed by atoms with Crippen molar-refractivity contribution in [3.63, 3.8) is 0 Å². The van der Waals surface area contributed by atoms with Gasteiger partial charge in [0.15, 0.2) is 5.78 Å². The fourth-order valence-corrected chi connectivity index (χ4v) is 4.27. The molecule has 0 aromatic heterocycles. The van der Waals surface area contributed by atoms with Crippen LogP contribution in [-0.4, -0.2) is 15.9 Å². The average molecular weight is 327 g/mol. The molecule has 0 N–H and O–H groups in total. The number of benzene rings is 2. The minimum absolute atomic E-state index is 0.174. The van der Waals surface area contributed by atoms with Gasteiger partial charge in [-0.05, 0) is 37.1 Å². The smallest absolute Gasteiger partial charge is 0.173 e. The predicted molar refractivity (Wildman–Crippen MR) is 97.5 cm³/mol. The molecule has 1 aliphatic heterocycles. The molecule has 0 aliphatic carbocycles. The first kappa shape index (κ1) is 15.4. The van der Waals surface area contributed by atoms with Crippen molar-refractivity contribution < 1.29 is 4.79 Å². The molecule has 1 heterocycles. The fourth-order valence-electron chi connectivity index (χ4n) is 2.33. The van der Waals surface area contributed by atoms with Crippen LogP contribution in [0.3, 0.4) is 0 Å². The number of hydrogen-bond donors (Lipinski definition) is 0. The summed E-state index contributed by atoms with van der Waals surface area (Å²) < 4.78 is 0.984. The van der Waals surface area contributed by atoms with Gasteiger partial charge in [-0.15, -0.1) is 0 Å². The maximum atomic E-state index is 12.4. The third-order valence-electron chi connectivity index (χ3n) is 3.57. The van der Waals surface area contributed by atoms with E-state index in [0.29, 0.717) is 5.75 Å². The van der Waals surface area contributed by atoms with Crippen LogP contribution in [0.25, 0.3) is 0 Å². The van der Waals surface area contributed by atoms with Crippen LogP contribution in [0.1, 0.15) is 27.0 Å². The first-order valence-corrected chi connectivity index (χ1v) is 9.13. The molecule has 0 unspecified atom stereocenters. The highest BCUT2D eigenvalue weighted by atomic mass is 32.2. The second kappa shape index (κ2) is 6.71. The number of Topliss-reactive ketones (excluding diaryl/α,β-unsaturated/α-hetero) is 1. The number of aliphatic imine (C=N–C) groups is 1. The molecule has 1 aliphatic rings. The molecule has 0 spiro atoms. The van der Waals surface area contributed by atoms with Gasteiger partial charge in [-0.25, -0.2) is 4.99 Å². The van der Waals surface area contributed by atoms with Crippen LogP contribution in [0.2, 0.25) is 0 Å². The van der Waals surface area contributed by atoms with E-state index in [2.05, 4.69) is 11.1 Å². The highest BCUT2D eigenvalue weighted by Crippen LogP contribution is 2.34. The molecular weight excluding hydrogens is 310 g/mol. The Hall–Kier alpha value is -1.52. The van der Waals surface area contributed by atoms with E-state index in [9.17, 15) is 4.79 Å². The Labute approximate surface area is 139 Å². The maximum Gasteiger partial charge on any atom is 0.173 e. The van der Waals surface area contributed by atoms with Crippen molar-refractivity contribution in [3.05, 3.63) is 64.7 Å². The molecule has 2 nitrogen and oxygen atoms in total. The Morgan fingerprint density at radius 2 is 2.05 bits per heavy atom. The summed E-state index contributed by atoms with van der Waals surface area (Å²) in [5, 5.41) is 0. The van der Waals surface area contributed by atoms with E-state index >= 15 is 0 Å². The van der Waals surface area contributed by atoms with Crippen molar-refractivity contribution in [2.24, 2.45) is 4.99 Å². The molecule has 0 radical (unpaired) electrons. The molecule has 0 amide bonds. The topological polar surface area (TPSA) is 29.4 Å². The third kappa shape index (κ3) is 3.45. The summed E-state index contributed by atoms with van der Waals surface area (Å²) in [6.07, 6.45) is 0.